The fraction of sp³-hybridized carbons (Fsp3) is 0.719. The Morgan fingerprint density at radius 2 is 0.646 bits per heavy atom. The normalized spacial score (nSPS) is 16.7. The van der Waals surface area contributed by atoms with Gasteiger partial charge in [-0.3, -0.25) is 0 Å². The van der Waals surface area contributed by atoms with E-state index < -0.39 is 98.6 Å². The summed E-state index contributed by atoms with van der Waals surface area (Å²) in [6.45, 7) is 79.8. The van der Waals surface area contributed by atoms with Crippen LogP contribution in [0.3, 0.4) is 0 Å². The first-order valence-corrected chi connectivity index (χ1v) is 70.4. The van der Waals surface area contributed by atoms with E-state index in [0.717, 1.165) is 23.2 Å². The molecule has 2 aromatic carbocycles. The lowest BCUT2D eigenvalue weighted by atomic mass is 10.0. The fourth-order valence-corrected chi connectivity index (χ4v) is 49.3. The van der Waals surface area contributed by atoms with Crippen LogP contribution in [-0.4, -0.2) is 98.6 Å². The Bertz CT molecular complexity index is 1870. The van der Waals surface area contributed by atoms with E-state index in [4.69, 9.17) is 31.7 Å². The molecule has 0 amide bonds. The molecular weight excluding hydrogens is 1220 g/mol. The molecule has 2 unspecified atom stereocenters. The average molecular weight is 1360 g/mol. The first kappa shape index (κ1) is 86.6. The maximum absolute atomic E-state index is 6.98. The van der Waals surface area contributed by atoms with Gasteiger partial charge in [0, 0.05) is 0 Å². The first-order valence-electron chi connectivity index (χ1n) is 32.1. The van der Waals surface area contributed by atoms with Gasteiger partial charge in [-0.15, -0.1) is 25.4 Å². The number of benzene rings is 2. The monoisotopic (exact) mass is 1360 g/mol. The first-order chi connectivity index (χ1) is 36.9. The molecule has 0 spiro atoms. The quantitative estimate of drug-likeness (QED) is 0.0921. The van der Waals surface area contributed by atoms with Crippen LogP contribution in [0, 0.1) is 0 Å². The van der Waals surface area contributed by atoms with Crippen molar-refractivity contribution in [1.29, 1.82) is 0 Å². The Kier molecular flexibility index (Phi) is 41.0. The van der Waals surface area contributed by atoms with E-state index in [1.165, 1.54) is 86.7 Å². The maximum atomic E-state index is 6.98. The highest BCUT2D eigenvalue weighted by Gasteiger charge is 2.44. The Morgan fingerprint density at radius 1 is 0.378 bits per heavy atom. The van der Waals surface area contributed by atoms with Crippen LogP contribution in [0.5, 0.6) is 0 Å². The summed E-state index contributed by atoms with van der Waals surface area (Å²) in [7, 11) is -16.8. The summed E-state index contributed by atoms with van der Waals surface area (Å²) >= 11 is 5.67. The largest absolute Gasteiger partial charge is 0.456 e. The summed E-state index contributed by atoms with van der Waals surface area (Å²) in [6.07, 6.45) is 14.6. The molecular formula is C64H139ClO5Si12. The van der Waals surface area contributed by atoms with Crippen LogP contribution in [0.1, 0.15) is 91.9 Å². The zero-order chi connectivity index (χ0) is 64.9. The minimum atomic E-state index is -1.84. The number of hydrogen-bond donors (Lipinski definition) is 0. The third-order valence-electron chi connectivity index (χ3n) is 15.4. The van der Waals surface area contributed by atoms with Crippen molar-refractivity contribution >= 4 is 120 Å². The molecule has 0 radical (unpaired) electrons. The zero-order valence-corrected chi connectivity index (χ0v) is 72.9. The minimum Gasteiger partial charge on any atom is -0.456 e. The highest BCUT2D eigenvalue weighted by Crippen LogP contribution is 2.44. The molecule has 0 saturated heterocycles. The summed E-state index contributed by atoms with van der Waals surface area (Å²) in [5, 5.41) is 2.73. The Balaban J connectivity index is -0.000000930. The standard InChI is InChI=1S/C16H34OSi2.C16H22OSi2.C10H22OSi2.C8H22OSi2.C6H18OSi2.C5H12Si.C3H9ClSi/c2*1-18(2,15-11-7-5-8-12-15)17-19(3,4)16-13-9-6-10-14-16;1-7-12(5,8-2)11-13(6,9-3)10-4;1-7-10(3,4)9-11(5,6)8-2;1-8(2,3)7-9(4,5)6;1-5-6(2,3)4;1-5(2,3)4/h15-16H,5-14H2,1-4H3;5-14H,1-4H3;7,9H,1,3,8,10H2,2,4-6H3;7-8H2,1-6H3;1-6H3;5H,1H2,2-4H3;1-3H3. The third-order valence-corrected chi connectivity index (χ3v) is 54.4. The van der Waals surface area contributed by atoms with Gasteiger partial charge in [-0.1, -0.05) is 203 Å². The van der Waals surface area contributed by atoms with Crippen molar-refractivity contribution in [3.63, 3.8) is 0 Å². The SMILES string of the molecule is C=C[Si](C)(C)C.C=C[Si](C)(CC)O[Si](C)(C=C)CC.CC[Si](C)(C)O[Si](C)(C)CC.C[Si](C)(C)Cl.C[Si](C)(C)O[Si](C)(C)C.C[Si](C)(O[Si](C)(C)C1CCCCC1)C1CCCCC1.C[Si](C)(O[Si](C)(C)c1ccccc1)c1ccccc1. The minimum absolute atomic E-state index is 0.867. The molecule has 18 heteroatoms. The average Bonchev–Trinajstić information content (AvgIpc) is 3.35. The van der Waals surface area contributed by atoms with Gasteiger partial charge in [-0.2, -0.15) is 11.1 Å². The molecule has 2 fully saturated rings. The highest BCUT2D eigenvalue weighted by molar-refractivity contribution is 7.18. The predicted molar refractivity (Wildman–Crippen MR) is 411 cm³/mol. The van der Waals surface area contributed by atoms with Gasteiger partial charge in [0.1, 0.15) is 7.38 Å². The molecule has 0 N–H and O–H groups in total. The molecule has 2 aliphatic rings. The van der Waals surface area contributed by atoms with Crippen molar-refractivity contribution in [3.05, 3.63) is 97.5 Å². The van der Waals surface area contributed by atoms with Crippen molar-refractivity contribution in [2.24, 2.45) is 0 Å². The predicted octanol–water partition coefficient (Wildman–Crippen LogP) is 23.2. The van der Waals surface area contributed by atoms with Crippen molar-refractivity contribution in [2.75, 3.05) is 0 Å². The maximum Gasteiger partial charge on any atom is 0.206 e. The molecule has 4 rings (SSSR count). The third kappa shape index (κ3) is 43.9. The van der Waals surface area contributed by atoms with Gasteiger partial charge in [0.05, 0.1) is 8.07 Å². The summed E-state index contributed by atoms with van der Waals surface area (Å²) in [5.41, 5.74) is 8.04. The second kappa shape index (κ2) is 38.8. The second-order valence-corrected chi connectivity index (χ2v) is 87.4. The molecule has 0 heterocycles. The number of hydrogen-bond acceptors (Lipinski definition) is 5. The van der Waals surface area contributed by atoms with Gasteiger partial charge in [0.15, 0.2) is 49.9 Å². The topological polar surface area (TPSA) is 46.2 Å². The lowest BCUT2D eigenvalue weighted by Gasteiger charge is -2.44. The van der Waals surface area contributed by atoms with Crippen LogP contribution in [0.25, 0.3) is 0 Å². The Morgan fingerprint density at radius 3 is 0.841 bits per heavy atom. The van der Waals surface area contributed by atoms with Crippen LogP contribution in [-0.2, 0) is 20.6 Å². The molecule has 2 aromatic rings. The molecule has 82 heavy (non-hydrogen) atoms. The van der Waals surface area contributed by atoms with E-state index >= 15 is 0 Å². The molecule has 0 aliphatic heterocycles. The number of halogens is 1. The summed E-state index contributed by atoms with van der Waals surface area (Å²) < 4.78 is 32.0. The van der Waals surface area contributed by atoms with Crippen LogP contribution < -0.4 is 10.4 Å². The van der Waals surface area contributed by atoms with Crippen LogP contribution in [0.15, 0.2) is 97.5 Å². The molecule has 0 aromatic heterocycles. The van der Waals surface area contributed by atoms with Crippen LogP contribution in [0.2, 0.25) is 205 Å². The van der Waals surface area contributed by atoms with E-state index in [1.807, 2.05) is 11.4 Å². The van der Waals surface area contributed by atoms with Crippen molar-refractivity contribution < 1.29 is 20.6 Å². The molecule has 2 aliphatic carbocycles. The highest BCUT2D eigenvalue weighted by atomic mass is 35.6. The summed E-state index contributed by atoms with van der Waals surface area (Å²) in [5.74, 6) is 0. The number of rotatable bonds is 21. The van der Waals surface area contributed by atoms with Gasteiger partial charge in [0.25, 0.3) is 0 Å². The Hall–Kier alpha value is 0.353. The van der Waals surface area contributed by atoms with Crippen molar-refractivity contribution in [1.82, 2.24) is 0 Å². The van der Waals surface area contributed by atoms with Gasteiger partial charge in [-0.05, 0) is 177 Å². The zero-order valence-electron chi connectivity index (χ0n) is 60.1. The molecule has 5 nitrogen and oxygen atoms in total. The second-order valence-electron chi connectivity index (χ2n) is 31.0. The van der Waals surface area contributed by atoms with Gasteiger partial charge in [0.2, 0.25) is 33.3 Å². The van der Waals surface area contributed by atoms with Crippen molar-refractivity contribution in [2.45, 2.75) is 297 Å². The summed E-state index contributed by atoms with van der Waals surface area (Å²) in [4.78, 5) is 0. The van der Waals surface area contributed by atoms with Gasteiger partial charge in [-0.25, -0.2) is 0 Å². The molecule has 2 atom stereocenters. The van der Waals surface area contributed by atoms with Gasteiger partial charge < -0.3 is 20.6 Å². The van der Waals surface area contributed by atoms with E-state index in [1.54, 1.807) is 0 Å². The lowest BCUT2D eigenvalue weighted by Crippen LogP contribution is -2.57. The van der Waals surface area contributed by atoms with Crippen molar-refractivity contribution in [3.8, 4) is 0 Å². The fourth-order valence-electron chi connectivity index (χ4n) is 9.73. The van der Waals surface area contributed by atoms with Gasteiger partial charge >= 0.3 is 0 Å². The van der Waals surface area contributed by atoms with E-state index in [0.29, 0.717) is 0 Å². The van der Waals surface area contributed by atoms with Crippen LogP contribution >= 0.6 is 11.1 Å². The van der Waals surface area contributed by atoms with E-state index in [2.05, 4.69) is 284 Å². The summed E-state index contributed by atoms with van der Waals surface area (Å²) in [6, 6.07) is 26.0. The van der Waals surface area contributed by atoms with Crippen LogP contribution in [0.4, 0.5) is 0 Å². The molecule has 0 bridgehead atoms. The lowest BCUT2D eigenvalue weighted by molar-refractivity contribution is 0.407. The molecule has 2 saturated carbocycles. The Labute approximate surface area is 531 Å². The molecule has 480 valence electrons. The van der Waals surface area contributed by atoms with E-state index in [-0.39, 0.29) is 0 Å². The smallest absolute Gasteiger partial charge is 0.206 e. The van der Waals surface area contributed by atoms with E-state index in [9.17, 15) is 0 Å².